The van der Waals surface area contributed by atoms with Gasteiger partial charge in [0.25, 0.3) is 15.9 Å². The number of amidine groups is 1. The first-order chi connectivity index (χ1) is 16.5. The number of carbonyl (C=O) groups is 1. The molecule has 0 bridgehead atoms. The molecule has 0 spiro atoms. The first kappa shape index (κ1) is 21.4. The van der Waals surface area contributed by atoms with Gasteiger partial charge in [-0.05, 0) is 61.4 Å². The van der Waals surface area contributed by atoms with Gasteiger partial charge in [0, 0.05) is 48.7 Å². The van der Waals surface area contributed by atoms with Gasteiger partial charge in [0.1, 0.15) is 10.7 Å². The van der Waals surface area contributed by atoms with Crippen LogP contribution in [0.15, 0.2) is 58.0 Å². The van der Waals surface area contributed by atoms with Crippen LogP contribution in [-0.4, -0.2) is 49.7 Å². The van der Waals surface area contributed by atoms with Crippen LogP contribution in [0.2, 0.25) is 0 Å². The Balaban J connectivity index is 1.22. The first-order valence-electron chi connectivity index (χ1n) is 12.1. The minimum atomic E-state index is -3.80. The van der Waals surface area contributed by atoms with Crippen LogP contribution >= 0.6 is 0 Å². The summed E-state index contributed by atoms with van der Waals surface area (Å²) in [6, 6.07) is 13.4. The van der Waals surface area contributed by atoms with E-state index in [4.69, 9.17) is 0 Å². The predicted octanol–water partition coefficient (Wildman–Crippen LogP) is 4.67. The summed E-state index contributed by atoms with van der Waals surface area (Å²) in [5.41, 5.74) is 3.53. The Kier molecular flexibility index (Phi) is 5.21. The number of carbonyl (C=O) groups excluding carboxylic acids is 1. The van der Waals surface area contributed by atoms with Gasteiger partial charge in [-0.25, -0.2) is 0 Å². The van der Waals surface area contributed by atoms with Crippen LogP contribution in [0.5, 0.6) is 0 Å². The summed E-state index contributed by atoms with van der Waals surface area (Å²) < 4.78 is 30.0. The highest BCUT2D eigenvalue weighted by atomic mass is 32.2. The number of aromatic nitrogens is 1. The number of nitrogens with zero attached hydrogens (tertiary/aromatic N) is 3. The number of amides is 1. The molecule has 4 heterocycles. The molecular formula is C26H28N4O3S. The number of fused-ring (bicyclic) bond motifs is 4. The molecule has 1 aromatic heterocycles. The lowest BCUT2D eigenvalue weighted by Crippen LogP contribution is -2.38. The van der Waals surface area contributed by atoms with Crippen molar-refractivity contribution in [3.05, 3.63) is 59.8 Å². The summed E-state index contributed by atoms with van der Waals surface area (Å²) in [4.78, 5) is 20.7. The van der Waals surface area contributed by atoms with E-state index in [-0.39, 0.29) is 10.8 Å². The molecule has 1 amide bonds. The van der Waals surface area contributed by atoms with Crippen molar-refractivity contribution < 1.29 is 13.2 Å². The van der Waals surface area contributed by atoms with Crippen LogP contribution in [0.25, 0.3) is 10.9 Å². The van der Waals surface area contributed by atoms with Gasteiger partial charge in [-0.1, -0.05) is 24.6 Å². The van der Waals surface area contributed by atoms with Crippen molar-refractivity contribution in [2.24, 2.45) is 4.40 Å². The Labute approximate surface area is 199 Å². The molecule has 3 aromatic rings. The standard InChI is InChI=1S/C26H28N4O3S/c31-26(29-14-11-18(12-15-29)21-17-27-22-7-4-3-6-20(21)22)19-9-10-23-24(16-19)34(32,33)28-25-8-2-1-5-13-30(23)25/h3-4,6-7,9-10,16-18,27H,1-2,5,8,11-15H2. The van der Waals surface area contributed by atoms with Crippen molar-refractivity contribution in [1.82, 2.24) is 9.88 Å². The van der Waals surface area contributed by atoms with E-state index in [0.717, 1.165) is 44.2 Å². The van der Waals surface area contributed by atoms with Crippen LogP contribution in [0, 0.1) is 0 Å². The number of likely N-dealkylation sites (tertiary alicyclic amines) is 1. The number of rotatable bonds is 2. The lowest BCUT2D eigenvalue weighted by atomic mass is 9.89. The van der Waals surface area contributed by atoms with Crippen LogP contribution in [0.1, 0.15) is 60.4 Å². The Morgan fingerprint density at radius 3 is 2.68 bits per heavy atom. The Morgan fingerprint density at radius 2 is 1.82 bits per heavy atom. The summed E-state index contributed by atoms with van der Waals surface area (Å²) in [6.45, 7) is 2.07. The number of benzene rings is 2. The van der Waals surface area contributed by atoms with Crippen molar-refractivity contribution in [2.75, 3.05) is 24.5 Å². The maximum Gasteiger partial charge on any atom is 0.286 e. The van der Waals surface area contributed by atoms with Crippen molar-refractivity contribution >= 4 is 38.4 Å². The number of nitrogens with one attached hydrogen (secondary N) is 1. The third-order valence-electron chi connectivity index (χ3n) is 7.44. The molecule has 7 nitrogen and oxygen atoms in total. The van der Waals surface area contributed by atoms with E-state index >= 15 is 0 Å². The van der Waals surface area contributed by atoms with Gasteiger partial charge in [0.15, 0.2) is 0 Å². The third-order valence-corrected chi connectivity index (χ3v) is 8.77. The number of H-pyrrole nitrogens is 1. The maximum atomic E-state index is 13.3. The molecule has 0 atom stereocenters. The zero-order chi connectivity index (χ0) is 23.3. The molecular weight excluding hydrogens is 448 g/mol. The molecule has 2 aromatic carbocycles. The van der Waals surface area contributed by atoms with E-state index in [1.807, 2.05) is 15.9 Å². The van der Waals surface area contributed by atoms with Gasteiger partial charge in [-0.2, -0.15) is 8.42 Å². The maximum absolute atomic E-state index is 13.3. The second kappa shape index (κ2) is 8.27. The number of para-hydroxylation sites is 1. The fourth-order valence-electron chi connectivity index (χ4n) is 5.62. The summed E-state index contributed by atoms with van der Waals surface area (Å²) >= 11 is 0. The molecule has 2 fully saturated rings. The molecule has 6 rings (SSSR count). The molecule has 0 radical (unpaired) electrons. The van der Waals surface area contributed by atoms with E-state index in [1.54, 1.807) is 12.1 Å². The Bertz CT molecular complexity index is 1400. The Morgan fingerprint density at radius 1 is 1.00 bits per heavy atom. The van der Waals surface area contributed by atoms with Gasteiger partial charge in [-0.15, -0.1) is 4.40 Å². The minimum Gasteiger partial charge on any atom is -0.361 e. The molecule has 3 aliphatic heterocycles. The zero-order valence-corrected chi connectivity index (χ0v) is 19.9. The quantitative estimate of drug-likeness (QED) is 0.582. The average molecular weight is 477 g/mol. The summed E-state index contributed by atoms with van der Waals surface area (Å²) in [6.07, 6.45) is 7.56. The lowest BCUT2D eigenvalue weighted by molar-refractivity contribution is 0.0713. The summed E-state index contributed by atoms with van der Waals surface area (Å²) in [7, 11) is -3.80. The SMILES string of the molecule is O=C(c1ccc2c(c1)S(=O)(=O)N=C1CCCCCN12)N1CCC(c2c[nH]c3ccccc23)CC1. The summed E-state index contributed by atoms with van der Waals surface area (Å²) in [5.74, 6) is 0.921. The molecule has 1 N–H and O–H groups in total. The number of aromatic amines is 1. The topological polar surface area (TPSA) is 85.8 Å². The van der Waals surface area contributed by atoms with E-state index in [1.165, 1.54) is 17.0 Å². The highest BCUT2D eigenvalue weighted by Gasteiger charge is 2.33. The summed E-state index contributed by atoms with van der Waals surface area (Å²) in [5, 5.41) is 1.25. The number of hydrogen-bond acceptors (Lipinski definition) is 4. The zero-order valence-electron chi connectivity index (χ0n) is 19.0. The van der Waals surface area contributed by atoms with Gasteiger partial charge in [0.05, 0.1) is 5.69 Å². The molecule has 2 saturated heterocycles. The predicted molar refractivity (Wildman–Crippen MR) is 133 cm³/mol. The minimum absolute atomic E-state index is 0.110. The molecule has 0 unspecified atom stereocenters. The monoisotopic (exact) mass is 476 g/mol. The van der Waals surface area contributed by atoms with E-state index in [9.17, 15) is 13.2 Å². The Hall–Kier alpha value is -3.13. The van der Waals surface area contributed by atoms with Gasteiger partial charge >= 0.3 is 0 Å². The molecule has 176 valence electrons. The molecule has 3 aliphatic rings. The van der Waals surface area contributed by atoms with E-state index in [2.05, 4.69) is 33.8 Å². The smallest absolute Gasteiger partial charge is 0.286 e. The fourth-order valence-corrected chi connectivity index (χ4v) is 6.90. The molecule has 0 saturated carbocycles. The number of piperidine rings is 1. The van der Waals surface area contributed by atoms with E-state index < -0.39 is 10.0 Å². The van der Waals surface area contributed by atoms with Gasteiger partial charge < -0.3 is 14.8 Å². The van der Waals surface area contributed by atoms with Crippen LogP contribution < -0.4 is 4.90 Å². The normalized spacial score (nSPS) is 20.4. The first-order valence-corrected chi connectivity index (χ1v) is 13.6. The molecule has 8 heteroatoms. The van der Waals surface area contributed by atoms with Crippen LogP contribution in [0.3, 0.4) is 0 Å². The number of sulfonamides is 1. The van der Waals surface area contributed by atoms with Crippen molar-refractivity contribution in [3.8, 4) is 0 Å². The van der Waals surface area contributed by atoms with Gasteiger partial charge in [-0.3, -0.25) is 4.79 Å². The van der Waals surface area contributed by atoms with E-state index in [0.29, 0.717) is 42.5 Å². The van der Waals surface area contributed by atoms with Crippen molar-refractivity contribution in [3.63, 3.8) is 0 Å². The number of anilines is 1. The number of hydrogen-bond donors (Lipinski definition) is 1. The largest absolute Gasteiger partial charge is 0.361 e. The average Bonchev–Trinajstić information content (AvgIpc) is 3.15. The van der Waals surface area contributed by atoms with Crippen molar-refractivity contribution in [2.45, 2.75) is 49.3 Å². The molecule has 0 aliphatic carbocycles. The third kappa shape index (κ3) is 3.60. The molecule has 34 heavy (non-hydrogen) atoms. The highest BCUT2D eigenvalue weighted by Crippen LogP contribution is 2.36. The highest BCUT2D eigenvalue weighted by molar-refractivity contribution is 7.90. The second-order valence-electron chi connectivity index (χ2n) is 9.48. The second-order valence-corrected chi connectivity index (χ2v) is 11.1. The van der Waals surface area contributed by atoms with Crippen LogP contribution in [-0.2, 0) is 10.0 Å². The van der Waals surface area contributed by atoms with Crippen LogP contribution in [0.4, 0.5) is 5.69 Å². The van der Waals surface area contributed by atoms with Gasteiger partial charge in [0.2, 0.25) is 0 Å². The fraction of sp³-hybridized carbons (Fsp3) is 0.385. The van der Waals surface area contributed by atoms with Crippen molar-refractivity contribution in [1.29, 1.82) is 0 Å². The lowest BCUT2D eigenvalue weighted by Gasteiger charge is -2.33.